The van der Waals surface area contributed by atoms with Gasteiger partial charge in [0.15, 0.2) is 0 Å². The van der Waals surface area contributed by atoms with Crippen molar-refractivity contribution in [2.75, 3.05) is 6.54 Å². The van der Waals surface area contributed by atoms with Gasteiger partial charge in [0, 0.05) is 6.04 Å². The summed E-state index contributed by atoms with van der Waals surface area (Å²) in [6.45, 7) is 7.09. The van der Waals surface area contributed by atoms with Crippen LogP contribution in [0.5, 0.6) is 0 Å². The van der Waals surface area contributed by atoms with Crippen molar-refractivity contribution < 1.29 is 4.39 Å². The van der Waals surface area contributed by atoms with Crippen LogP contribution in [0.3, 0.4) is 0 Å². The average molecular weight is 293 g/mol. The summed E-state index contributed by atoms with van der Waals surface area (Å²) in [4.78, 5) is 1.12. The molecule has 2 rings (SSSR count). The summed E-state index contributed by atoms with van der Waals surface area (Å²) in [5.74, 6) is 0.171. The van der Waals surface area contributed by atoms with E-state index in [4.69, 9.17) is 0 Å². The maximum atomic E-state index is 13.8. The molecule has 1 atom stereocenters. The van der Waals surface area contributed by atoms with Crippen LogP contribution in [0.25, 0.3) is 0 Å². The average Bonchev–Trinajstić information content (AvgIpc) is 2.90. The van der Waals surface area contributed by atoms with Gasteiger partial charge in [0.25, 0.3) is 0 Å². The van der Waals surface area contributed by atoms with Crippen molar-refractivity contribution in [2.24, 2.45) is 0 Å². The van der Waals surface area contributed by atoms with Crippen LogP contribution in [0.1, 0.15) is 48.9 Å². The summed E-state index contributed by atoms with van der Waals surface area (Å²) in [5, 5.41) is 7.64. The SMILES string of the molecule is CCNC(Cc1ccccc1F)c1snnc1C(C)C. The molecule has 1 aromatic heterocycles. The predicted molar refractivity (Wildman–Crippen MR) is 80.5 cm³/mol. The lowest BCUT2D eigenvalue weighted by Crippen LogP contribution is -2.23. The zero-order valence-corrected chi connectivity index (χ0v) is 12.9. The molecule has 0 saturated heterocycles. The zero-order valence-electron chi connectivity index (χ0n) is 12.1. The first-order chi connectivity index (χ1) is 9.63. The molecule has 0 amide bonds. The lowest BCUT2D eigenvalue weighted by Gasteiger charge is -2.18. The normalized spacial score (nSPS) is 12.8. The van der Waals surface area contributed by atoms with Crippen molar-refractivity contribution in [2.45, 2.75) is 39.2 Å². The summed E-state index contributed by atoms with van der Waals surface area (Å²) >= 11 is 1.40. The highest BCUT2D eigenvalue weighted by Crippen LogP contribution is 2.29. The summed E-state index contributed by atoms with van der Waals surface area (Å²) in [6, 6.07) is 7.00. The molecule has 1 unspecified atom stereocenters. The third-order valence-corrected chi connectivity index (χ3v) is 4.09. The highest BCUT2D eigenvalue weighted by Gasteiger charge is 2.21. The van der Waals surface area contributed by atoms with Crippen LogP contribution in [0, 0.1) is 5.82 Å². The molecule has 0 saturated carbocycles. The van der Waals surface area contributed by atoms with Crippen LogP contribution >= 0.6 is 11.5 Å². The molecule has 0 fully saturated rings. The zero-order chi connectivity index (χ0) is 14.5. The molecular weight excluding hydrogens is 273 g/mol. The molecule has 5 heteroatoms. The van der Waals surface area contributed by atoms with E-state index in [1.165, 1.54) is 17.6 Å². The van der Waals surface area contributed by atoms with Gasteiger partial charge in [-0.3, -0.25) is 0 Å². The van der Waals surface area contributed by atoms with Crippen molar-refractivity contribution >= 4 is 11.5 Å². The van der Waals surface area contributed by atoms with Crippen molar-refractivity contribution in [1.82, 2.24) is 14.9 Å². The topological polar surface area (TPSA) is 37.8 Å². The Morgan fingerprint density at radius 3 is 2.70 bits per heavy atom. The van der Waals surface area contributed by atoms with Gasteiger partial charge < -0.3 is 5.32 Å². The van der Waals surface area contributed by atoms with Gasteiger partial charge >= 0.3 is 0 Å². The Morgan fingerprint density at radius 2 is 2.05 bits per heavy atom. The van der Waals surface area contributed by atoms with Gasteiger partial charge in [-0.05, 0) is 42.0 Å². The molecule has 0 radical (unpaired) electrons. The standard InChI is InChI=1S/C15H20FN3S/c1-4-17-13(9-11-7-5-6-8-12(11)16)15-14(10(2)3)18-19-20-15/h5-8,10,13,17H,4,9H2,1-3H3. The number of nitrogens with zero attached hydrogens (tertiary/aromatic N) is 2. The van der Waals surface area contributed by atoms with E-state index in [0.29, 0.717) is 12.3 Å². The molecule has 0 aliphatic carbocycles. The van der Waals surface area contributed by atoms with E-state index < -0.39 is 0 Å². The number of hydrogen-bond acceptors (Lipinski definition) is 4. The number of halogens is 1. The van der Waals surface area contributed by atoms with Gasteiger partial charge in [0.1, 0.15) is 5.82 Å². The highest BCUT2D eigenvalue weighted by molar-refractivity contribution is 7.05. The Balaban J connectivity index is 2.27. The largest absolute Gasteiger partial charge is 0.309 e. The fourth-order valence-corrected chi connectivity index (χ4v) is 3.12. The van der Waals surface area contributed by atoms with Crippen molar-refractivity contribution in [3.63, 3.8) is 0 Å². The van der Waals surface area contributed by atoms with Crippen LogP contribution in [-0.2, 0) is 6.42 Å². The number of benzene rings is 1. The molecule has 108 valence electrons. The van der Waals surface area contributed by atoms with Crippen molar-refractivity contribution in [1.29, 1.82) is 0 Å². The van der Waals surface area contributed by atoms with Crippen molar-refractivity contribution in [3.8, 4) is 0 Å². The third-order valence-electron chi connectivity index (χ3n) is 3.24. The minimum Gasteiger partial charge on any atom is -0.309 e. The van der Waals surface area contributed by atoms with E-state index in [2.05, 4.69) is 35.7 Å². The van der Waals surface area contributed by atoms with Crippen LogP contribution in [0.2, 0.25) is 0 Å². The van der Waals surface area contributed by atoms with E-state index in [1.54, 1.807) is 6.07 Å². The first-order valence-electron chi connectivity index (χ1n) is 6.92. The van der Waals surface area contributed by atoms with Gasteiger partial charge in [-0.1, -0.05) is 43.5 Å². The minimum atomic E-state index is -0.154. The first kappa shape index (κ1) is 15.1. The van der Waals surface area contributed by atoms with Crippen LogP contribution < -0.4 is 5.32 Å². The number of rotatable bonds is 6. The molecule has 0 aliphatic heterocycles. The molecule has 20 heavy (non-hydrogen) atoms. The Labute approximate surface area is 123 Å². The summed E-state index contributed by atoms with van der Waals surface area (Å²) in [7, 11) is 0. The Bertz CT molecular complexity index is 554. The molecule has 3 nitrogen and oxygen atoms in total. The quantitative estimate of drug-likeness (QED) is 0.882. The fraction of sp³-hybridized carbons (Fsp3) is 0.467. The molecule has 0 spiro atoms. The predicted octanol–water partition coefficient (Wildman–Crippen LogP) is 3.69. The summed E-state index contributed by atoms with van der Waals surface area (Å²) < 4.78 is 17.9. The van der Waals surface area contributed by atoms with Crippen molar-refractivity contribution in [3.05, 3.63) is 46.2 Å². The number of aromatic nitrogens is 2. The van der Waals surface area contributed by atoms with Crippen LogP contribution in [0.15, 0.2) is 24.3 Å². The van der Waals surface area contributed by atoms with Gasteiger partial charge in [-0.25, -0.2) is 4.39 Å². The second-order valence-electron chi connectivity index (χ2n) is 5.08. The number of likely N-dealkylation sites (N-methyl/N-ethyl adjacent to an activating group) is 1. The van der Waals surface area contributed by atoms with E-state index in [1.807, 2.05) is 12.1 Å². The van der Waals surface area contributed by atoms with Gasteiger partial charge in [0.2, 0.25) is 0 Å². The molecule has 0 aliphatic rings. The Hall–Kier alpha value is -1.33. The van der Waals surface area contributed by atoms with Gasteiger partial charge in [0.05, 0.1) is 10.6 Å². The molecular formula is C15H20FN3S. The highest BCUT2D eigenvalue weighted by atomic mass is 32.1. The van der Waals surface area contributed by atoms with E-state index in [-0.39, 0.29) is 11.9 Å². The smallest absolute Gasteiger partial charge is 0.126 e. The van der Waals surface area contributed by atoms with Crippen LogP contribution in [0.4, 0.5) is 4.39 Å². The number of hydrogen-bond donors (Lipinski definition) is 1. The molecule has 1 aromatic carbocycles. The molecule has 1 N–H and O–H groups in total. The van der Waals surface area contributed by atoms with E-state index in [9.17, 15) is 4.39 Å². The van der Waals surface area contributed by atoms with Gasteiger partial charge in [-0.2, -0.15) is 0 Å². The van der Waals surface area contributed by atoms with E-state index >= 15 is 0 Å². The molecule has 1 heterocycles. The lowest BCUT2D eigenvalue weighted by atomic mass is 10.00. The summed E-state index contributed by atoms with van der Waals surface area (Å²) in [5.41, 5.74) is 1.74. The third kappa shape index (κ3) is 3.41. The second-order valence-corrected chi connectivity index (χ2v) is 5.87. The number of nitrogens with one attached hydrogen (secondary N) is 1. The maximum absolute atomic E-state index is 13.8. The Kier molecular flexibility index (Phi) is 5.20. The minimum absolute atomic E-state index is 0.0642. The van der Waals surface area contributed by atoms with Crippen LogP contribution in [-0.4, -0.2) is 16.1 Å². The summed E-state index contributed by atoms with van der Waals surface area (Å²) in [6.07, 6.45) is 0.615. The molecule has 0 bridgehead atoms. The molecule has 2 aromatic rings. The maximum Gasteiger partial charge on any atom is 0.126 e. The lowest BCUT2D eigenvalue weighted by molar-refractivity contribution is 0.528. The monoisotopic (exact) mass is 293 g/mol. The first-order valence-corrected chi connectivity index (χ1v) is 7.69. The van der Waals surface area contributed by atoms with E-state index in [0.717, 1.165) is 22.7 Å². The second kappa shape index (κ2) is 6.90. The fourth-order valence-electron chi connectivity index (χ4n) is 2.23. The Morgan fingerprint density at radius 1 is 1.30 bits per heavy atom. The van der Waals surface area contributed by atoms with Gasteiger partial charge in [-0.15, -0.1) is 5.10 Å².